The van der Waals surface area contributed by atoms with Crippen molar-refractivity contribution < 1.29 is 5.11 Å². The summed E-state index contributed by atoms with van der Waals surface area (Å²) < 4.78 is 1.07. The van der Waals surface area contributed by atoms with Crippen molar-refractivity contribution in [1.82, 2.24) is 4.98 Å². The highest BCUT2D eigenvalue weighted by molar-refractivity contribution is 9.10. The predicted octanol–water partition coefficient (Wildman–Crippen LogP) is 5.19. The van der Waals surface area contributed by atoms with Crippen LogP contribution in [0, 0.1) is 5.92 Å². The monoisotopic (exact) mass is 317 g/mol. The zero-order valence-corrected chi connectivity index (χ0v) is 12.6. The van der Waals surface area contributed by atoms with Gasteiger partial charge in [0.2, 0.25) is 0 Å². The third-order valence-electron chi connectivity index (χ3n) is 3.87. The number of hydrogen-bond acceptors (Lipinski definition) is 1. The molecule has 1 unspecified atom stereocenters. The lowest BCUT2D eigenvalue weighted by Crippen LogP contribution is -2.06. The fourth-order valence-electron chi connectivity index (χ4n) is 2.53. The minimum Gasteiger partial charge on any atom is -0.508 e. The van der Waals surface area contributed by atoms with E-state index in [2.05, 4.69) is 46.9 Å². The smallest absolute Gasteiger partial charge is 0.120 e. The molecule has 19 heavy (non-hydrogen) atoms. The maximum absolute atomic E-state index is 10.2. The van der Waals surface area contributed by atoms with Crippen molar-refractivity contribution in [3.63, 3.8) is 0 Å². The van der Waals surface area contributed by atoms with Crippen LogP contribution < -0.4 is 0 Å². The number of aliphatic hydroxyl groups is 1. The van der Waals surface area contributed by atoms with Crippen molar-refractivity contribution in [2.75, 3.05) is 0 Å². The van der Waals surface area contributed by atoms with E-state index in [1.807, 2.05) is 18.2 Å². The maximum Gasteiger partial charge on any atom is 0.120 e. The molecule has 0 fully saturated rings. The summed E-state index contributed by atoms with van der Waals surface area (Å²) in [5.74, 6) is 0.866. The highest BCUT2D eigenvalue weighted by Gasteiger charge is 2.19. The number of H-pyrrole nitrogens is 1. The Morgan fingerprint density at radius 2 is 2.11 bits per heavy atom. The molecule has 0 spiro atoms. The zero-order valence-electron chi connectivity index (χ0n) is 11.0. The van der Waals surface area contributed by atoms with Crippen LogP contribution in [-0.2, 0) is 0 Å². The molecule has 1 aliphatic rings. The van der Waals surface area contributed by atoms with Gasteiger partial charge in [-0.05, 0) is 49.6 Å². The Hall–Kier alpha value is -1.48. The van der Waals surface area contributed by atoms with E-state index in [1.54, 1.807) is 0 Å². The Kier molecular flexibility index (Phi) is 3.02. The average molecular weight is 318 g/mol. The number of allylic oxidation sites excluding steroid dienone is 3. The number of aromatic amines is 1. The molecule has 0 aliphatic heterocycles. The summed E-state index contributed by atoms with van der Waals surface area (Å²) in [4.78, 5) is 3.39. The highest BCUT2D eigenvalue weighted by Crippen LogP contribution is 2.35. The van der Waals surface area contributed by atoms with Gasteiger partial charge in [0.05, 0.1) is 0 Å². The van der Waals surface area contributed by atoms with Gasteiger partial charge in [-0.25, -0.2) is 0 Å². The van der Waals surface area contributed by atoms with Gasteiger partial charge in [-0.1, -0.05) is 28.4 Å². The van der Waals surface area contributed by atoms with E-state index < -0.39 is 0 Å². The Labute approximate surface area is 121 Å². The quantitative estimate of drug-likeness (QED) is 0.746. The van der Waals surface area contributed by atoms with Gasteiger partial charge >= 0.3 is 0 Å². The van der Waals surface area contributed by atoms with Crippen LogP contribution in [-0.4, -0.2) is 10.1 Å². The van der Waals surface area contributed by atoms with E-state index in [4.69, 9.17) is 0 Å². The second-order valence-corrected chi connectivity index (χ2v) is 6.19. The third-order valence-corrected chi connectivity index (χ3v) is 4.36. The largest absolute Gasteiger partial charge is 0.508 e. The molecule has 1 aromatic carbocycles. The second kappa shape index (κ2) is 4.57. The van der Waals surface area contributed by atoms with E-state index in [9.17, 15) is 5.11 Å². The van der Waals surface area contributed by atoms with Crippen LogP contribution in [0.15, 0.2) is 46.1 Å². The summed E-state index contributed by atoms with van der Waals surface area (Å²) in [6.45, 7) is 4.26. The number of fused-ring (bicyclic) bond motifs is 1. The number of benzene rings is 1. The molecule has 2 nitrogen and oxygen atoms in total. The summed E-state index contributed by atoms with van der Waals surface area (Å²) in [6.07, 6.45) is 2.76. The fraction of sp³-hybridized carbons (Fsp3) is 0.250. The molecule has 2 N–H and O–H groups in total. The lowest BCUT2D eigenvalue weighted by molar-refractivity contribution is 0.424. The summed E-state index contributed by atoms with van der Waals surface area (Å²) in [5, 5.41) is 11.3. The van der Waals surface area contributed by atoms with Gasteiger partial charge in [-0.15, -0.1) is 0 Å². The van der Waals surface area contributed by atoms with Gasteiger partial charge in [0.1, 0.15) is 5.76 Å². The van der Waals surface area contributed by atoms with Gasteiger partial charge in [0, 0.05) is 26.6 Å². The van der Waals surface area contributed by atoms with E-state index in [-0.39, 0.29) is 0 Å². The Morgan fingerprint density at radius 3 is 2.89 bits per heavy atom. The van der Waals surface area contributed by atoms with Crippen LogP contribution in [0.2, 0.25) is 0 Å². The van der Waals surface area contributed by atoms with Gasteiger partial charge in [-0.3, -0.25) is 0 Å². The Balaban J connectivity index is 2.12. The molecule has 0 saturated heterocycles. The first-order valence-corrected chi connectivity index (χ1v) is 7.23. The molecule has 3 heteroatoms. The molecule has 1 aromatic heterocycles. The van der Waals surface area contributed by atoms with Crippen molar-refractivity contribution in [1.29, 1.82) is 0 Å². The second-order valence-electron chi connectivity index (χ2n) is 5.27. The van der Waals surface area contributed by atoms with E-state index in [1.165, 1.54) is 5.57 Å². The molecule has 2 aromatic rings. The van der Waals surface area contributed by atoms with Crippen molar-refractivity contribution in [3.05, 3.63) is 51.8 Å². The first kappa shape index (κ1) is 12.5. The molecular weight excluding hydrogens is 302 g/mol. The fourth-order valence-corrected chi connectivity index (χ4v) is 2.91. The molecule has 0 amide bonds. The third kappa shape index (κ3) is 2.23. The van der Waals surface area contributed by atoms with Crippen LogP contribution in [0.25, 0.3) is 16.5 Å². The molecule has 0 bridgehead atoms. The van der Waals surface area contributed by atoms with Crippen LogP contribution >= 0.6 is 15.9 Å². The van der Waals surface area contributed by atoms with E-state index >= 15 is 0 Å². The minimum absolute atomic E-state index is 0.390. The first-order valence-electron chi connectivity index (χ1n) is 6.43. The predicted molar refractivity (Wildman–Crippen MR) is 83.1 cm³/mol. The van der Waals surface area contributed by atoms with Crippen LogP contribution in [0.5, 0.6) is 0 Å². The Morgan fingerprint density at radius 1 is 1.32 bits per heavy atom. The van der Waals surface area contributed by atoms with Gasteiger partial charge in [0.15, 0.2) is 0 Å². The number of hydrogen-bond donors (Lipinski definition) is 2. The van der Waals surface area contributed by atoms with Crippen LogP contribution in [0.3, 0.4) is 0 Å². The van der Waals surface area contributed by atoms with Crippen molar-refractivity contribution in [3.8, 4) is 0 Å². The maximum atomic E-state index is 10.2. The molecule has 0 radical (unpaired) electrons. The first-order chi connectivity index (χ1) is 9.04. The van der Waals surface area contributed by atoms with Gasteiger partial charge in [-0.2, -0.15) is 0 Å². The van der Waals surface area contributed by atoms with E-state index in [0.717, 1.165) is 33.1 Å². The average Bonchev–Trinajstić information content (AvgIpc) is 2.76. The molecule has 98 valence electrons. The number of rotatable bonds is 1. The summed E-state index contributed by atoms with van der Waals surface area (Å²) in [7, 11) is 0. The highest BCUT2D eigenvalue weighted by atomic mass is 79.9. The SMILES string of the molecule is CC1=CC(O)=C(c2cc3cc(Br)ccc3[nH]2)CC1C. The van der Waals surface area contributed by atoms with Crippen molar-refractivity contribution in [2.45, 2.75) is 20.3 Å². The number of halogens is 1. The summed E-state index contributed by atoms with van der Waals surface area (Å²) >= 11 is 3.48. The standard InChI is InChI=1S/C16H16BrNO/c1-9-5-13(16(19)6-10(9)2)15-8-11-7-12(17)3-4-14(11)18-15/h3-4,6-9,18-19H,5H2,1-2H3. The van der Waals surface area contributed by atoms with Crippen LogP contribution in [0.1, 0.15) is 26.0 Å². The zero-order chi connectivity index (χ0) is 13.6. The molecule has 1 atom stereocenters. The van der Waals surface area contributed by atoms with Gasteiger partial charge < -0.3 is 10.1 Å². The summed E-state index contributed by atoms with van der Waals surface area (Å²) in [5.41, 5.74) is 4.35. The van der Waals surface area contributed by atoms with Crippen molar-refractivity contribution >= 4 is 32.4 Å². The van der Waals surface area contributed by atoms with Gasteiger partial charge in [0.25, 0.3) is 0 Å². The number of aliphatic hydroxyl groups excluding tert-OH is 1. The molecular formula is C16H16BrNO. The number of nitrogens with one attached hydrogen (secondary N) is 1. The topological polar surface area (TPSA) is 36.0 Å². The normalized spacial score (nSPS) is 19.9. The minimum atomic E-state index is 0.390. The van der Waals surface area contributed by atoms with Crippen LogP contribution in [0.4, 0.5) is 0 Å². The Bertz CT molecular complexity index is 709. The lowest BCUT2D eigenvalue weighted by atomic mass is 9.87. The number of aromatic nitrogens is 1. The lowest BCUT2D eigenvalue weighted by Gasteiger charge is -2.20. The molecule has 0 saturated carbocycles. The molecule has 3 rings (SSSR count). The van der Waals surface area contributed by atoms with E-state index in [0.29, 0.717) is 11.7 Å². The summed E-state index contributed by atoms with van der Waals surface area (Å²) in [6, 6.07) is 8.26. The molecule has 1 aliphatic carbocycles. The molecule has 1 heterocycles. The van der Waals surface area contributed by atoms with Crippen molar-refractivity contribution in [2.24, 2.45) is 5.92 Å².